The van der Waals surface area contributed by atoms with Crippen LogP contribution >= 0.6 is 0 Å². The second-order valence-corrected chi connectivity index (χ2v) is 7.16. The average Bonchev–Trinajstić information content (AvgIpc) is 3.40. The predicted molar refractivity (Wildman–Crippen MR) is 114 cm³/mol. The molecule has 8 nitrogen and oxygen atoms in total. The molecular formula is C23H22N4O4. The number of nitrogens with one attached hydrogen (secondary N) is 2. The Morgan fingerprint density at radius 3 is 2.68 bits per heavy atom. The SMILES string of the molecule is O=C(N[C@@H](Cc1cncn1COCc1ccccc1)C(=O)O)c1cc2ccccc2[nH]1. The molecule has 0 saturated carbocycles. The van der Waals surface area contributed by atoms with E-state index in [9.17, 15) is 14.7 Å². The maximum Gasteiger partial charge on any atom is 0.326 e. The van der Waals surface area contributed by atoms with Crippen molar-refractivity contribution in [1.29, 1.82) is 0 Å². The Kier molecular flexibility index (Phi) is 6.09. The lowest BCUT2D eigenvalue weighted by Gasteiger charge is -2.15. The highest BCUT2D eigenvalue weighted by molar-refractivity contribution is 5.99. The van der Waals surface area contributed by atoms with E-state index in [2.05, 4.69) is 15.3 Å². The van der Waals surface area contributed by atoms with Gasteiger partial charge in [0.05, 0.1) is 12.9 Å². The van der Waals surface area contributed by atoms with Gasteiger partial charge in [0.15, 0.2) is 0 Å². The van der Waals surface area contributed by atoms with Crippen LogP contribution in [0.2, 0.25) is 0 Å². The number of H-pyrrole nitrogens is 1. The monoisotopic (exact) mass is 418 g/mol. The number of carboxylic acids is 1. The molecule has 0 aliphatic rings. The molecule has 0 spiro atoms. The second-order valence-electron chi connectivity index (χ2n) is 7.16. The Bertz CT molecular complexity index is 1150. The molecule has 0 saturated heterocycles. The van der Waals surface area contributed by atoms with Crippen molar-refractivity contribution in [3.63, 3.8) is 0 Å². The molecule has 2 aromatic carbocycles. The van der Waals surface area contributed by atoms with Gasteiger partial charge in [0.2, 0.25) is 0 Å². The van der Waals surface area contributed by atoms with Gasteiger partial charge in [-0.05, 0) is 17.7 Å². The summed E-state index contributed by atoms with van der Waals surface area (Å²) in [5, 5.41) is 13.1. The summed E-state index contributed by atoms with van der Waals surface area (Å²) in [6.45, 7) is 0.657. The van der Waals surface area contributed by atoms with Crippen molar-refractivity contribution in [2.45, 2.75) is 25.8 Å². The molecule has 0 bridgehead atoms. The third-order valence-electron chi connectivity index (χ3n) is 4.93. The van der Waals surface area contributed by atoms with Gasteiger partial charge in [0.25, 0.3) is 5.91 Å². The van der Waals surface area contributed by atoms with E-state index in [1.165, 1.54) is 0 Å². The van der Waals surface area contributed by atoms with Gasteiger partial charge in [-0.3, -0.25) is 4.79 Å². The standard InChI is InChI=1S/C23H22N4O4/c28-22(20-10-17-8-4-5-9-19(17)25-20)26-21(23(29)30)11-18-12-24-14-27(18)15-31-13-16-6-2-1-3-7-16/h1-10,12,14,21,25H,11,13,15H2,(H,26,28)(H,29,30)/t21-/m0/s1. The number of nitrogens with zero attached hydrogens (tertiary/aromatic N) is 2. The van der Waals surface area contributed by atoms with Crippen LogP contribution in [0.4, 0.5) is 0 Å². The Labute approximate surface area is 178 Å². The van der Waals surface area contributed by atoms with Crippen LogP contribution in [0.25, 0.3) is 10.9 Å². The minimum Gasteiger partial charge on any atom is -0.480 e. The zero-order valence-electron chi connectivity index (χ0n) is 16.7. The molecule has 4 rings (SSSR count). The van der Waals surface area contributed by atoms with Gasteiger partial charge in [0.1, 0.15) is 18.5 Å². The largest absolute Gasteiger partial charge is 0.480 e. The number of carboxylic acid groups (broad SMARTS) is 1. The summed E-state index contributed by atoms with van der Waals surface area (Å²) in [7, 11) is 0. The first-order valence-electron chi connectivity index (χ1n) is 9.82. The summed E-state index contributed by atoms with van der Waals surface area (Å²) in [5.41, 5.74) is 2.82. The molecule has 1 amide bonds. The van der Waals surface area contributed by atoms with Gasteiger partial charge >= 0.3 is 5.97 Å². The molecule has 158 valence electrons. The van der Waals surface area contributed by atoms with Crippen molar-refractivity contribution in [2.24, 2.45) is 0 Å². The van der Waals surface area contributed by atoms with Crippen LogP contribution in [0.15, 0.2) is 73.2 Å². The van der Waals surface area contributed by atoms with E-state index in [1.54, 1.807) is 23.2 Å². The normalized spacial score (nSPS) is 12.0. The number of aromatic amines is 1. The fourth-order valence-corrected chi connectivity index (χ4v) is 3.31. The highest BCUT2D eigenvalue weighted by atomic mass is 16.5. The maximum atomic E-state index is 12.6. The zero-order chi connectivity index (χ0) is 21.6. The van der Waals surface area contributed by atoms with Crippen LogP contribution in [0.3, 0.4) is 0 Å². The molecule has 2 aromatic heterocycles. The molecule has 1 atom stereocenters. The topological polar surface area (TPSA) is 109 Å². The number of imidazole rings is 1. The lowest BCUT2D eigenvalue weighted by atomic mass is 10.1. The van der Waals surface area contributed by atoms with Crippen molar-refractivity contribution >= 4 is 22.8 Å². The van der Waals surface area contributed by atoms with Crippen LogP contribution in [0.1, 0.15) is 21.7 Å². The number of rotatable bonds is 9. The van der Waals surface area contributed by atoms with Crippen molar-refractivity contribution in [3.05, 3.63) is 90.1 Å². The van der Waals surface area contributed by atoms with Crippen LogP contribution in [0.5, 0.6) is 0 Å². The van der Waals surface area contributed by atoms with Gasteiger partial charge in [-0.15, -0.1) is 0 Å². The number of amides is 1. The fraction of sp³-hybridized carbons (Fsp3) is 0.174. The number of hydrogen-bond donors (Lipinski definition) is 3. The van der Waals surface area contributed by atoms with Crippen molar-refractivity contribution in [1.82, 2.24) is 19.9 Å². The number of fused-ring (bicyclic) bond motifs is 1. The summed E-state index contributed by atoms with van der Waals surface area (Å²) in [6.07, 6.45) is 3.24. The summed E-state index contributed by atoms with van der Waals surface area (Å²) < 4.78 is 7.44. The minimum absolute atomic E-state index is 0.0794. The number of aromatic nitrogens is 3. The van der Waals surface area contributed by atoms with E-state index >= 15 is 0 Å². The molecule has 0 unspecified atom stereocenters. The highest BCUT2D eigenvalue weighted by Gasteiger charge is 2.23. The van der Waals surface area contributed by atoms with E-state index in [1.807, 2.05) is 54.6 Å². The van der Waals surface area contributed by atoms with Gasteiger partial charge in [-0.1, -0.05) is 48.5 Å². The Morgan fingerprint density at radius 1 is 1.13 bits per heavy atom. The third-order valence-corrected chi connectivity index (χ3v) is 4.93. The molecule has 0 fully saturated rings. The van der Waals surface area contributed by atoms with E-state index in [0.717, 1.165) is 16.5 Å². The van der Waals surface area contributed by atoms with Crippen molar-refractivity contribution < 1.29 is 19.4 Å². The van der Waals surface area contributed by atoms with E-state index < -0.39 is 17.9 Å². The molecule has 0 aliphatic carbocycles. The first kappa shape index (κ1) is 20.4. The molecule has 4 aromatic rings. The number of aliphatic carboxylic acids is 1. The third kappa shape index (κ3) is 4.99. The van der Waals surface area contributed by atoms with E-state index in [0.29, 0.717) is 18.0 Å². The lowest BCUT2D eigenvalue weighted by Crippen LogP contribution is -2.42. The van der Waals surface area contributed by atoms with Crippen LogP contribution in [-0.2, 0) is 29.3 Å². The van der Waals surface area contributed by atoms with Crippen LogP contribution in [-0.4, -0.2) is 37.6 Å². The number of para-hydroxylation sites is 1. The zero-order valence-corrected chi connectivity index (χ0v) is 16.7. The Balaban J connectivity index is 1.40. The van der Waals surface area contributed by atoms with Gasteiger partial charge in [0, 0.05) is 29.2 Å². The van der Waals surface area contributed by atoms with Gasteiger partial charge in [-0.25, -0.2) is 9.78 Å². The minimum atomic E-state index is -1.12. The number of ether oxygens (including phenoxy) is 1. The summed E-state index contributed by atoms with van der Waals surface area (Å²) in [5.74, 6) is -1.60. The van der Waals surface area contributed by atoms with Crippen molar-refractivity contribution in [2.75, 3.05) is 0 Å². The quantitative estimate of drug-likeness (QED) is 0.387. The summed E-state index contributed by atoms with van der Waals surface area (Å²) >= 11 is 0. The summed E-state index contributed by atoms with van der Waals surface area (Å²) in [4.78, 5) is 31.5. The first-order chi connectivity index (χ1) is 15.1. The smallest absolute Gasteiger partial charge is 0.326 e. The van der Waals surface area contributed by atoms with Crippen molar-refractivity contribution in [3.8, 4) is 0 Å². The number of hydrogen-bond acceptors (Lipinski definition) is 4. The van der Waals surface area contributed by atoms with Gasteiger partial charge < -0.3 is 24.7 Å². The Hall–Kier alpha value is -3.91. The lowest BCUT2D eigenvalue weighted by molar-refractivity contribution is -0.139. The van der Waals surface area contributed by atoms with E-state index in [4.69, 9.17) is 4.74 Å². The van der Waals surface area contributed by atoms with Crippen LogP contribution < -0.4 is 5.32 Å². The molecule has 0 aliphatic heterocycles. The molecule has 2 heterocycles. The van der Waals surface area contributed by atoms with E-state index in [-0.39, 0.29) is 13.2 Å². The average molecular weight is 418 g/mol. The first-order valence-corrected chi connectivity index (χ1v) is 9.82. The molecule has 3 N–H and O–H groups in total. The summed E-state index contributed by atoms with van der Waals surface area (Å²) in [6, 6.07) is 17.8. The fourth-order valence-electron chi connectivity index (χ4n) is 3.31. The second kappa shape index (κ2) is 9.27. The number of benzene rings is 2. The Morgan fingerprint density at radius 2 is 1.90 bits per heavy atom. The molecule has 8 heteroatoms. The molecule has 0 radical (unpaired) electrons. The molecular weight excluding hydrogens is 396 g/mol. The number of carbonyl (C=O) groups is 2. The molecule has 31 heavy (non-hydrogen) atoms. The number of carbonyl (C=O) groups excluding carboxylic acids is 1. The van der Waals surface area contributed by atoms with Gasteiger partial charge in [-0.2, -0.15) is 0 Å². The maximum absolute atomic E-state index is 12.6. The predicted octanol–water partition coefficient (Wildman–Crippen LogP) is 2.96. The highest BCUT2D eigenvalue weighted by Crippen LogP contribution is 2.15. The van der Waals surface area contributed by atoms with Crippen LogP contribution in [0, 0.1) is 0 Å².